The maximum atomic E-state index is 12.6. The summed E-state index contributed by atoms with van der Waals surface area (Å²) in [6.07, 6.45) is 3.13. The first-order valence-corrected chi connectivity index (χ1v) is 7.69. The number of hydrogen-bond donors (Lipinski definition) is 1. The molecule has 1 amide bonds. The first-order valence-electron chi connectivity index (χ1n) is 7.69. The minimum atomic E-state index is 0.00103. The topological polar surface area (TPSA) is 29.1 Å². The summed E-state index contributed by atoms with van der Waals surface area (Å²) in [4.78, 5) is 12.6. The molecule has 1 aliphatic carbocycles. The molecule has 2 atom stereocenters. The van der Waals surface area contributed by atoms with Gasteiger partial charge in [-0.1, -0.05) is 54.6 Å². The average Bonchev–Trinajstić information content (AvgIpc) is 2.55. The van der Waals surface area contributed by atoms with E-state index in [0.717, 1.165) is 24.8 Å². The van der Waals surface area contributed by atoms with Crippen LogP contribution in [-0.4, -0.2) is 5.91 Å². The highest BCUT2D eigenvalue weighted by Gasteiger charge is 2.26. The minimum Gasteiger partial charge on any atom is -0.349 e. The number of hydrogen-bond acceptors (Lipinski definition) is 1. The molecule has 2 nitrogen and oxygen atoms in total. The molecule has 0 radical (unpaired) electrons. The van der Waals surface area contributed by atoms with Crippen molar-refractivity contribution in [3.63, 3.8) is 0 Å². The molecule has 0 spiro atoms. The third-order valence-electron chi connectivity index (χ3n) is 4.34. The lowest BCUT2D eigenvalue weighted by Gasteiger charge is -2.26. The number of rotatable bonds is 3. The van der Waals surface area contributed by atoms with Crippen molar-refractivity contribution in [1.29, 1.82) is 0 Å². The Labute approximate surface area is 126 Å². The lowest BCUT2D eigenvalue weighted by atomic mass is 9.82. The van der Waals surface area contributed by atoms with Crippen LogP contribution in [0.1, 0.15) is 48.4 Å². The summed E-state index contributed by atoms with van der Waals surface area (Å²) in [5.41, 5.74) is 3.69. The van der Waals surface area contributed by atoms with E-state index in [-0.39, 0.29) is 17.9 Å². The predicted octanol–water partition coefficient (Wildman–Crippen LogP) is 3.98. The van der Waals surface area contributed by atoms with Gasteiger partial charge >= 0.3 is 0 Å². The van der Waals surface area contributed by atoms with Crippen molar-refractivity contribution in [1.82, 2.24) is 5.32 Å². The summed E-state index contributed by atoms with van der Waals surface area (Å²) in [5.74, 6) is 0.152. The van der Waals surface area contributed by atoms with Gasteiger partial charge < -0.3 is 5.32 Å². The van der Waals surface area contributed by atoms with E-state index in [1.807, 2.05) is 31.2 Å². The van der Waals surface area contributed by atoms with Gasteiger partial charge in [-0.05, 0) is 42.9 Å². The summed E-state index contributed by atoms with van der Waals surface area (Å²) in [5, 5.41) is 3.17. The Morgan fingerprint density at radius 3 is 2.62 bits per heavy atom. The molecule has 2 unspecified atom stereocenters. The number of aryl methyl sites for hydroxylation is 1. The first kappa shape index (κ1) is 13.9. The zero-order valence-electron chi connectivity index (χ0n) is 12.4. The summed E-state index contributed by atoms with van der Waals surface area (Å²) in [6, 6.07) is 18.5. The van der Waals surface area contributed by atoms with E-state index in [0.29, 0.717) is 0 Å². The quantitative estimate of drug-likeness (QED) is 0.904. The van der Waals surface area contributed by atoms with Crippen LogP contribution < -0.4 is 5.32 Å². The predicted molar refractivity (Wildman–Crippen MR) is 85.1 cm³/mol. The molecule has 1 N–H and O–H groups in total. The largest absolute Gasteiger partial charge is 0.349 e. The fourth-order valence-corrected chi connectivity index (χ4v) is 3.17. The molecular formula is C19H21NO. The molecule has 0 saturated carbocycles. The summed E-state index contributed by atoms with van der Waals surface area (Å²) in [7, 11) is 0. The van der Waals surface area contributed by atoms with Crippen LogP contribution in [0.4, 0.5) is 0 Å². The van der Waals surface area contributed by atoms with E-state index in [1.54, 1.807) is 0 Å². The van der Waals surface area contributed by atoms with Crippen LogP contribution in [0.5, 0.6) is 0 Å². The van der Waals surface area contributed by atoms with Crippen molar-refractivity contribution in [2.75, 3.05) is 0 Å². The molecule has 2 aromatic rings. The minimum absolute atomic E-state index is 0.00103. The van der Waals surface area contributed by atoms with Gasteiger partial charge in [0.25, 0.3) is 0 Å². The molecule has 3 rings (SSSR count). The van der Waals surface area contributed by atoms with Crippen LogP contribution in [0.2, 0.25) is 0 Å². The maximum Gasteiger partial charge on any atom is 0.228 e. The number of fused-ring (bicyclic) bond motifs is 1. The normalized spacial score (nSPS) is 18.6. The third-order valence-corrected chi connectivity index (χ3v) is 4.34. The summed E-state index contributed by atoms with van der Waals surface area (Å²) in [6.45, 7) is 2.04. The molecule has 2 heteroatoms. The second kappa shape index (κ2) is 6.13. The van der Waals surface area contributed by atoms with Gasteiger partial charge in [-0.25, -0.2) is 0 Å². The molecule has 0 heterocycles. The fourth-order valence-electron chi connectivity index (χ4n) is 3.17. The molecular weight excluding hydrogens is 258 g/mol. The summed E-state index contributed by atoms with van der Waals surface area (Å²) >= 11 is 0. The Balaban J connectivity index is 1.75. The van der Waals surface area contributed by atoms with Crippen molar-refractivity contribution < 1.29 is 4.79 Å². The second-order valence-corrected chi connectivity index (χ2v) is 5.78. The number of amides is 1. The van der Waals surface area contributed by atoms with Gasteiger partial charge in [0.1, 0.15) is 0 Å². The van der Waals surface area contributed by atoms with Gasteiger partial charge in [0.15, 0.2) is 0 Å². The monoisotopic (exact) mass is 279 g/mol. The first-order chi connectivity index (χ1) is 10.3. The Kier molecular flexibility index (Phi) is 4.05. The zero-order chi connectivity index (χ0) is 14.7. The van der Waals surface area contributed by atoms with E-state index >= 15 is 0 Å². The smallest absolute Gasteiger partial charge is 0.228 e. The lowest BCUT2D eigenvalue weighted by molar-refractivity contribution is -0.123. The van der Waals surface area contributed by atoms with Crippen molar-refractivity contribution in [2.24, 2.45) is 0 Å². The average molecular weight is 279 g/mol. The Hall–Kier alpha value is -2.09. The van der Waals surface area contributed by atoms with E-state index in [2.05, 4.69) is 35.6 Å². The van der Waals surface area contributed by atoms with Crippen LogP contribution >= 0.6 is 0 Å². The molecule has 0 aromatic heterocycles. The molecule has 108 valence electrons. The van der Waals surface area contributed by atoms with Crippen LogP contribution in [0.15, 0.2) is 54.6 Å². The number of carbonyl (C=O) groups is 1. The lowest BCUT2D eigenvalue weighted by Crippen LogP contribution is -2.33. The third kappa shape index (κ3) is 2.99. The van der Waals surface area contributed by atoms with Crippen molar-refractivity contribution in [2.45, 2.75) is 38.1 Å². The van der Waals surface area contributed by atoms with Gasteiger partial charge in [0.05, 0.1) is 12.0 Å². The standard InChI is InChI=1S/C19H21NO/c1-14(15-8-3-2-4-9-15)20-19(21)18-13-7-11-16-10-5-6-12-17(16)18/h2-6,8-10,12,14,18H,7,11,13H2,1H3,(H,20,21). The Morgan fingerprint density at radius 2 is 1.81 bits per heavy atom. The van der Waals surface area contributed by atoms with Crippen LogP contribution in [0, 0.1) is 0 Å². The molecule has 2 aromatic carbocycles. The highest BCUT2D eigenvalue weighted by atomic mass is 16.1. The highest BCUT2D eigenvalue weighted by Crippen LogP contribution is 2.32. The number of nitrogens with one attached hydrogen (secondary N) is 1. The van der Waals surface area contributed by atoms with Crippen molar-refractivity contribution >= 4 is 5.91 Å². The Morgan fingerprint density at radius 1 is 1.10 bits per heavy atom. The van der Waals surface area contributed by atoms with Gasteiger partial charge in [-0.2, -0.15) is 0 Å². The van der Waals surface area contributed by atoms with Gasteiger partial charge in [0.2, 0.25) is 5.91 Å². The second-order valence-electron chi connectivity index (χ2n) is 5.78. The number of carbonyl (C=O) groups excluding carboxylic acids is 1. The SMILES string of the molecule is CC(NC(=O)C1CCCc2ccccc21)c1ccccc1. The van der Waals surface area contributed by atoms with Crippen molar-refractivity contribution in [3.8, 4) is 0 Å². The molecule has 21 heavy (non-hydrogen) atoms. The van der Waals surface area contributed by atoms with Crippen LogP contribution in [0.25, 0.3) is 0 Å². The summed E-state index contributed by atoms with van der Waals surface area (Å²) < 4.78 is 0. The van der Waals surface area contributed by atoms with E-state index in [1.165, 1.54) is 11.1 Å². The molecule has 1 aliphatic rings. The molecule has 0 bridgehead atoms. The number of benzene rings is 2. The fraction of sp³-hybridized carbons (Fsp3) is 0.316. The maximum absolute atomic E-state index is 12.6. The zero-order valence-corrected chi connectivity index (χ0v) is 12.4. The van der Waals surface area contributed by atoms with Crippen molar-refractivity contribution in [3.05, 3.63) is 71.3 Å². The van der Waals surface area contributed by atoms with Crippen LogP contribution in [0.3, 0.4) is 0 Å². The van der Waals surface area contributed by atoms with Crippen LogP contribution in [-0.2, 0) is 11.2 Å². The Bertz CT molecular complexity index is 620. The van der Waals surface area contributed by atoms with E-state index < -0.39 is 0 Å². The molecule has 0 fully saturated rings. The van der Waals surface area contributed by atoms with Gasteiger partial charge in [0, 0.05) is 0 Å². The molecule has 0 saturated heterocycles. The van der Waals surface area contributed by atoms with E-state index in [9.17, 15) is 4.79 Å². The van der Waals surface area contributed by atoms with Gasteiger partial charge in [-0.15, -0.1) is 0 Å². The van der Waals surface area contributed by atoms with Gasteiger partial charge in [-0.3, -0.25) is 4.79 Å². The molecule has 0 aliphatic heterocycles. The van der Waals surface area contributed by atoms with E-state index in [4.69, 9.17) is 0 Å². The highest BCUT2D eigenvalue weighted by molar-refractivity contribution is 5.84.